The minimum Gasteiger partial charge on any atom is -0.486 e. The summed E-state index contributed by atoms with van der Waals surface area (Å²) in [6, 6.07) is 15.1. The summed E-state index contributed by atoms with van der Waals surface area (Å²) >= 11 is 0. The number of benzene rings is 3. The third-order valence-electron chi connectivity index (χ3n) is 6.57. The lowest BCUT2D eigenvalue weighted by molar-refractivity contribution is -0.145. The molecule has 0 radical (unpaired) electrons. The second-order valence-electron chi connectivity index (χ2n) is 9.14. The fourth-order valence-electron chi connectivity index (χ4n) is 4.07. The molecule has 0 aliphatic carbocycles. The highest BCUT2D eigenvalue weighted by Gasteiger charge is 2.31. The van der Waals surface area contributed by atoms with E-state index in [9.17, 15) is 15.0 Å². The number of hydrogen-bond donors (Lipinski definition) is 3. The maximum atomic E-state index is 15.3. The van der Waals surface area contributed by atoms with Crippen LogP contribution in [0.1, 0.15) is 34.7 Å². The monoisotopic (exact) mass is 491 g/mol. The van der Waals surface area contributed by atoms with Crippen LogP contribution in [0.25, 0.3) is 23.3 Å². The van der Waals surface area contributed by atoms with Crippen LogP contribution in [0.3, 0.4) is 0 Å². The molecule has 0 bridgehead atoms. The van der Waals surface area contributed by atoms with Gasteiger partial charge in [0.25, 0.3) is 0 Å². The average molecular weight is 492 g/mol. The van der Waals surface area contributed by atoms with E-state index in [1.807, 2.05) is 62.4 Å². The normalized spacial score (nSPS) is 14.6. The molecule has 0 unspecified atom stereocenters. The van der Waals surface area contributed by atoms with Crippen molar-refractivity contribution in [3.8, 4) is 22.6 Å². The largest absolute Gasteiger partial charge is 0.486 e. The van der Waals surface area contributed by atoms with Crippen molar-refractivity contribution in [1.29, 1.82) is 0 Å². The summed E-state index contributed by atoms with van der Waals surface area (Å²) in [7, 11) is 0. The van der Waals surface area contributed by atoms with Crippen LogP contribution in [-0.2, 0) is 11.3 Å². The number of ether oxygens (including phenoxy) is 2. The van der Waals surface area contributed by atoms with Crippen molar-refractivity contribution in [3.63, 3.8) is 0 Å². The van der Waals surface area contributed by atoms with E-state index in [0.717, 1.165) is 33.4 Å². The van der Waals surface area contributed by atoms with Gasteiger partial charge in [0.05, 0.1) is 6.61 Å². The molecule has 3 N–H and O–H groups in total. The van der Waals surface area contributed by atoms with Crippen LogP contribution in [0.15, 0.2) is 48.5 Å². The topological polar surface area (TPSA) is 88.0 Å². The molecule has 1 aliphatic heterocycles. The number of aliphatic hydroxyl groups is 1. The molecule has 1 heterocycles. The summed E-state index contributed by atoms with van der Waals surface area (Å²) < 4.78 is 26.3. The van der Waals surface area contributed by atoms with Crippen molar-refractivity contribution in [2.45, 2.75) is 32.9 Å². The molecule has 0 amide bonds. The molecule has 7 heteroatoms. The number of carboxylic acids is 1. The predicted octanol–water partition coefficient (Wildman–Crippen LogP) is 4.98. The fourth-order valence-corrected chi connectivity index (χ4v) is 4.07. The SMILES string of the molecule is Cc1ccc(CN[C@@](C)(CO)C(=O)O)cc1/C=C/c1cccc(-c2ccc3c(c2F)OCCO3)c1C. The second-order valence-corrected chi connectivity index (χ2v) is 9.14. The number of carboxylic acid groups (broad SMARTS) is 1. The lowest BCUT2D eigenvalue weighted by atomic mass is 9.94. The van der Waals surface area contributed by atoms with Crippen molar-refractivity contribution in [3.05, 3.63) is 82.2 Å². The van der Waals surface area contributed by atoms with Crippen molar-refractivity contribution in [2.75, 3.05) is 19.8 Å². The number of fused-ring (bicyclic) bond motifs is 1. The number of carbonyl (C=O) groups is 1. The van der Waals surface area contributed by atoms with Gasteiger partial charge in [0, 0.05) is 12.1 Å². The summed E-state index contributed by atoms with van der Waals surface area (Å²) in [4.78, 5) is 11.4. The fraction of sp³-hybridized carbons (Fsp3) is 0.276. The van der Waals surface area contributed by atoms with Gasteiger partial charge in [-0.15, -0.1) is 0 Å². The van der Waals surface area contributed by atoms with Gasteiger partial charge in [-0.05, 0) is 66.3 Å². The standard InChI is InChI=1S/C29H30FNO5/c1-18-7-8-20(16-31-29(3,17-32)28(33)34)15-22(18)10-9-21-5-4-6-23(19(21)2)24-11-12-25-27(26(24)30)36-14-13-35-25/h4-12,15,31-32H,13-14,16-17H2,1-3H3,(H,33,34)/b10-9+/t29-/m0/s1. The van der Waals surface area contributed by atoms with Gasteiger partial charge >= 0.3 is 5.97 Å². The molecule has 4 rings (SSSR count). The van der Waals surface area contributed by atoms with Crippen molar-refractivity contribution < 1.29 is 28.9 Å². The van der Waals surface area contributed by atoms with E-state index in [0.29, 0.717) is 31.1 Å². The van der Waals surface area contributed by atoms with Crippen LogP contribution in [-0.4, -0.2) is 41.5 Å². The summed E-state index contributed by atoms with van der Waals surface area (Å²) in [5.41, 5.74) is 4.63. The van der Waals surface area contributed by atoms with E-state index < -0.39 is 23.9 Å². The van der Waals surface area contributed by atoms with Crippen LogP contribution in [0.2, 0.25) is 0 Å². The third kappa shape index (κ3) is 5.12. The summed E-state index contributed by atoms with van der Waals surface area (Å²) in [6.07, 6.45) is 3.98. The summed E-state index contributed by atoms with van der Waals surface area (Å²) in [5.74, 6) is -0.963. The van der Waals surface area contributed by atoms with E-state index >= 15 is 4.39 Å². The number of halogens is 1. The number of rotatable bonds is 8. The molecule has 3 aromatic rings. The Morgan fingerprint density at radius 3 is 2.56 bits per heavy atom. The van der Waals surface area contributed by atoms with E-state index in [1.165, 1.54) is 6.92 Å². The zero-order valence-electron chi connectivity index (χ0n) is 20.6. The molecule has 0 saturated carbocycles. The third-order valence-corrected chi connectivity index (χ3v) is 6.57. The molecule has 188 valence electrons. The Morgan fingerprint density at radius 2 is 1.81 bits per heavy atom. The molecule has 0 spiro atoms. The molecular formula is C29H30FNO5. The van der Waals surface area contributed by atoms with Gasteiger partial charge in [-0.2, -0.15) is 0 Å². The molecule has 1 atom stereocenters. The number of aliphatic carboxylic acids is 1. The van der Waals surface area contributed by atoms with E-state index in [2.05, 4.69) is 5.32 Å². The number of aliphatic hydroxyl groups excluding tert-OH is 1. The molecule has 0 aromatic heterocycles. The van der Waals surface area contributed by atoms with Crippen LogP contribution in [0, 0.1) is 19.7 Å². The number of nitrogens with one attached hydrogen (secondary N) is 1. The lowest BCUT2D eigenvalue weighted by Crippen LogP contribution is -2.52. The quantitative estimate of drug-likeness (QED) is 0.386. The summed E-state index contributed by atoms with van der Waals surface area (Å²) in [5, 5.41) is 21.7. The first-order valence-corrected chi connectivity index (χ1v) is 11.8. The van der Waals surface area contributed by atoms with Gasteiger partial charge in [0.2, 0.25) is 0 Å². The highest BCUT2D eigenvalue weighted by Crippen LogP contribution is 2.39. The maximum Gasteiger partial charge on any atom is 0.326 e. The van der Waals surface area contributed by atoms with Crippen molar-refractivity contribution in [1.82, 2.24) is 5.32 Å². The van der Waals surface area contributed by atoms with E-state index in [-0.39, 0.29) is 5.75 Å². The average Bonchev–Trinajstić information content (AvgIpc) is 2.88. The zero-order chi connectivity index (χ0) is 25.9. The Labute approximate surface area is 210 Å². The molecule has 3 aromatic carbocycles. The lowest BCUT2D eigenvalue weighted by Gasteiger charge is -2.24. The predicted molar refractivity (Wildman–Crippen MR) is 138 cm³/mol. The highest BCUT2D eigenvalue weighted by molar-refractivity contribution is 5.80. The van der Waals surface area contributed by atoms with Crippen molar-refractivity contribution >= 4 is 18.1 Å². The van der Waals surface area contributed by atoms with Gasteiger partial charge in [0.1, 0.15) is 18.8 Å². The number of aryl methyl sites for hydroxylation is 1. The van der Waals surface area contributed by atoms with E-state index in [4.69, 9.17) is 9.47 Å². The highest BCUT2D eigenvalue weighted by atomic mass is 19.1. The second kappa shape index (κ2) is 10.5. The van der Waals surface area contributed by atoms with Gasteiger partial charge in [-0.3, -0.25) is 10.1 Å². The molecular weight excluding hydrogens is 461 g/mol. The molecule has 1 aliphatic rings. The van der Waals surface area contributed by atoms with Crippen LogP contribution < -0.4 is 14.8 Å². The van der Waals surface area contributed by atoms with Crippen LogP contribution in [0.4, 0.5) is 4.39 Å². The maximum absolute atomic E-state index is 15.3. The Hall–Kier alpha value is -3.68. The Balaban J connectivity index is 1.60. The van der Waals surface area contributed by atoms with Crippen LogP contribution >= 0.6 is 0 Å². The first-order chi connectivity index (χ1) is 17.2. The van der Waals surface area contributed by atoms with Gasteiger partial charge in [0.15, 0.2) is 17.3 Å². The smallest absolute Gasteiger partial charge is 0.326 e. The first kappa shape index (κ1) is 25.4. The Morgan fingerprint density at radius 1 is 1.06 bits per heavy atom. The Bertz CT molecular complexity index is 1320. The van der Waals surface area contributed by atoms with Gasteiger partial charge in [-0.1, -0.05) is 48.6 Å². The minimum absolute atomic E-state index is 0.153. The van der Waals surface area contributed by atoms with Gasteiger partial charge in [-0.25, -0.2) is 4.39 Å². The van der Waals surface area contributed by atoms with Crippen molar-refractivity contribution in [2.24, 2.45) is 0 Å². The molecule has 36 heavy (non-hydrogen) atoms. The van der Waals surface area contributed by atoms with Crippen LogP contribution in [0.5, 0.6) is 11.5 Å². The minimum atomic E-state index is -1.42. The molecule has 0 saturated heterocycles. The molecule has 0 fully saturated rings. The van der Waals surface area contributed by atoms with E-state index in [1.54, 1.807) is 12.1 Å². The van der Waals surface area contributed by atoms with Gasteiger partial charge < -0.3 is 19.7 Å². The summed E-state index contributed by atoms with van der Waals surface area (Å²) in [6.45, 7) is 5.91. The first-order valence-electron chi connectivity index (χ1n) is 11.8. The number of hydrogen-bond acceptors (Lipinski definition) is 5. The molecule has 6 nitrogen and oxygen atoms in total. The Kier molecular flexibility index (Phi) is 7.43. The zero-order valence-corrected chi connectivity index (χ0v) is 20.6.